The van der Waals surface area contributed by atoms with Gasteiger partial charge in [-0.2, -0.15) is 0 Å². The highest BCUT2D eigenvalue weighted by molar-refractivity contribution is 6.19. The molecule has 0 radical (unpaired) electrons. The normalized spacial score (nSPS) is 18.9. The summed E-state index contributed by atoms with van der Waals surface area (Å²) in [6, 6.07) is 10.8. The zero-order valence-electron chi connectivity index (χ0n) is 15.3. The van der Waals surface area contributed by atoms with Gasteiger partial charge in [0.25, 0.3) is 17.4 Å². The standard InChI is InChI=1S/C20H23N3O3/c1-4-5-13-23-17-16(7-6-12-21-17)26-20(3,19(23)25)18(24)22-15-10-8-14(2)9-11-15/h6-12H,4-5,13H2,1-3H3,(H,22,24)/t20-/m0/s1. The molecule has 26 heavy (non-hydrogen) atoms. The van der Waals surface area contributed by atoms with Gasteiger partial charge in [0.05, 0.1) is 0 Å². The van der Waals surface area contributed by atoms with Crippen LogP contribution in [0.2, 0.25) is 0 Å². The lowest BCUT2D eigenvalue weighted by molar-refractivity contribution is -0.145. The third kappa shape index (κ3) is 3.27. The lowest BCUT2D eigenvalue weighted by Crippen LogP contribution is -2.61. The van der Waals surface area contributed by atoms with Crippen molar-refractivity contribution < 1.29 is 14.3 Å². The third-order valence-corrected chi connectivity index (χ3v) is 4.45. The van der Waals surface area contributed by atoms with E-state index in [-0.39, 0.29) is 0 Å². The summed E-state index contributed by atoms with van der Waals surface area (Å²) < 4.78 is 5.83. The third-order valence-electron chi connectivity index (χ3n) is 4.45. The zero-order chi connectivity index (χ0) is 18.7. The first-order valence-corrected chi connectivity index (χ1v) is 8.80. The fourth-order valence-corrected chi connectivity index (χ4v) is 2.84. The number of carbonyl (C=O) groups excluding carboxylic acids is 2. The van der Waals surface area contributed by atoms with Crippen LogP contribution in [0.4, 0.5) is 11.5 Å². The molecule has 0 saturated heterocycles. The molecule has 2 amide bonds. The molecule has 0 unspecified atom stereocenters. The first kappa shape index (κ1) is 17.9. The van der Waals surface area contributed by atoms with Crippen LogP contribution in [0.25, 0.3) is 0 Å². The Labute approximate surface area is 153 Å². The highest BCUT2D eigenvalue weighted by Gasteiger charge is 2.51. The number of nitrogens with zero attached hydrogens (tertiary/aromatic N) is 2. The van der Waals surface area contributed by atoms with Crippen molar-refractivity contribution in [1.82, 2.24) is 4.98 Å². The number of nitrogens with one attached hydrogen (secondary N) is 1. The molecule has 2 heterocycles. The van der Waals surface area contributed by atoms with E-state index in [0.717, 1.165) is 18.4 Å². The van der Waals surface area contributed by atoms with Gasteiger partial charge in [-0.25, -0.2) is 4.98 Å². The fraction of sp³-hybridized carbons (Fsp3) is 0.350. The topological polar surface area (TPSA) is 71.5 Å². The van der Waals surface area contributed by atoms with Gasteiger partial charge < -0.3 is 10.1 Å². The van der Waals surface area contributed by atoms with Crippen molar-refractivity contribution in [1.29, 1.82) is 0 Å². The molecular formula is C20H23N3O3. The second-order valence-corrected chi connectivity index (χ2v) is 6.59. The van der Waals surface area contributed by atoms with Crippen LogP contribution < -0.4 is 15.0 Å². The van der Waals surface area contributed by atoms with Gasteiger partial charge in [0.2, 0.25) is 0 Å². The van der Waals surface area contributed by atoms with Crippen LogP contribution in [0.5, 0.6) is 5.75 Å². The van der Waals surface area contributed by atoms with Crippen LogP contribution in [0, 0.1) is 6.92 Å². The lowest BCUT2D eigenvalue weighted by Gasteiger charge is -2.38. The van der Waals surface area contributed by atoms with E-state index in [2.05, 4.69) is 10.3 Å². The van der Waals surface area contributed by atoms with Crippen LogP contribution in [0.3, 0.4) is 0 Å². The van der Waals surface area contributed by atoms with Gasteiger partial charge in [-0.15, -0.1) is 0 Å². The summed E-state index contributed by atoms with van der Waals surface area (Å²) in [5, 5.41) is 2.79. The minimum absolute atomic E-state index is 0.401. The summed E-state index contributed by atoms with van der Waals surface area (Å²) in [4.78, 5) is 31.8. The van der Waals surface area contributed by atoms with E-state index in [0.29, 0.717) is 23.8 Å². The number of unbranched alkanes of at least 4 members (excludes halogenated alkanes) is 1. The summed E-state index contributed by atoms with van der Waals surface area (Å²) in [7, 11) is 0. The Morgan fingerprint density at radius 2 is 2.00 bits per heavy atom. The number of aryl methyl sites for hydroxylation is 1. The van der Waals surface area contributed by atoms with Gasteiger partial charge in [0.15, 0.2) is 11.6 Å². The molecule has 0 fully saturated rings. The molecule has 1 aliphatic heterocycles. The Kier molecular flexibility index (Phi) is 4.93. The minimum atomic E-state index is -1.64. The maximum Gasteiger partial charge on any atom is 0.282 e. The predicted molar refractivity (Wildman–Crippen MR) is 100 cm³/mol. The van der Waals surface area contributed by atoms with Crippen LogP contribution in [0.15, 0.2) is 42.6 Å². The highest BCUT2D eigenvalue weighted by Crippen LogP contribution is 2.36. The number of hydrogen-bond donors (Lipinski definition) is 1. The second kappa shape index (κ2) is 7.15. The Bertz CT molecular complexity index is 819. The van der Waals surface area contributed by atoms with Crippen molar-refractivity contribution in [3.8, 4) is 5.75 Å². The lowest BCUT2D eigenvalue weighted by atomic mass is 10.0. The molecule has 1 N–H and O–H groups in total. The average Bonchev–Trinajstić information content (AvgIpc) is 2.64. The molecule has 1 aromatic carbocycles. The fourth-order valence-electron chi connectivity index (χ4n) is 2.84. The monoisotopic (exact) mass is 353 g/mol. The number of hydrogen-bond acceptors (Lipinski definition) is 4. The van der Waals surface area contributed by atoms with Crippen LogP contribution in [0.1, 0.15) is 32.3 Å². The number of anilines is 2. The molecule has 3 rings (SSSR count). The van der Waals surface area contributed by atoms with Gasteiger partial charge >= 0.3 is 0 Å². The number of ether oxygens (including phenoxy) is 1. The smallest absolute Gasteiger partial charge is 0.282 e. The van der Waals surface area contributed by atoms with E-state index < -0.39 is 17.4 Å². The van der Waals surface area contributed by atoms with Crippen molar-refractivity contribution >= 4 is 23.3 Å². The van der Waals surface area contributed by atoms with Gasteiger partial charge in [-0.3, -0.25) is 14.5 Å². The summed E-state index contributed by atoms with van der Waals surface area (Å²) in [6.07, 6.45) is 3.36. The molecule has 1 aromatic heterocycles. The average molecular weight is 353 g/mol. The molecule has 6 nitrogen and oxygen atoms in total. The van der Waals surface area contributed by atoms with Crippen LogP contribution in [-0.4, -0.2) is 28.9 Å². The van der Waals surface area contributed by atoms with E-state index in [1.807, 2.05) is 26.0 Å². The van der Waals surface area contributed by atoms with Crippen molar-refractivity contribution in [3.05, 3.63) is 48.2 Å². The molecule has 0 aliphatic carbocycles. The highest BCUT2D eigenvalue weighted by atomic mass is 16.5. The van der Waals surface area contributed by atoms with Crippen LogP contribution in [-0.2, 0) is 9.59 Å². The SMILES string of the molecule is CCCCN1C(=O)[C@](C)(C(=O)Nc2ccc(C)cc2)Oc2cccnc21. The van der Waals surface area contributed by atoms with Gasteiger partial charge in [0.1, 0.15) is 0 Å². The molecule has 1 aliphatic rings. The number of pyridine rings is 1. The molecule has 0 spiro atoms. The summed E-state index contributed by atoms with van der Waals surface area (Å²) in [5.74, 6) is 0.000404. The van der Waals surface area contributed by atoms with E-state index in [1.165, 1.54) is 6.92 Å². The molecule has 0 bridgehead atoms. The van der Waals surface area contributed by atoms with Crippen molar-refractivity contribution in [2.24, 2.45) is 0 Å². The Balaban J connectivity index is 1.91. The zero-order valence-corrected chi connectivity index (χ0v) is 15.3. The summed E-state index contributed by atoms with van der Waals surface area (Å²) in [6.45, 7) is 6.02. The number of aromatic nitrogens is 1. The molecule has 2 aromatic rings. The molecule has 1 atom stereocenters. The van der Waals surface area contributed by atoms with Crippen LogP contribution >= 0.6 is 0 Å². The Morgan fingerprint density at radius 3 is 2.69 bits per heavy atom. The van der Waals surface area contributed by atoms with E-state index in [1.54, 1.807) is 35.4 Å². The van der Waals surface area contributed by atoms with E-state index in [4.69, 9.17) is 4.74 Å². The Morgan fingerprint density at radius 1 is 1.27 bits per heavy atom. The first-order chi connectivity index (χ1) is 12.5. The summed E-state index contributed by atoms with van der Waals surface area (Å²) >= 11 is 0. The second-order valence-electron chi connectivity index (χ2n) is 6.59. The van der Waals surface area contributed by atoms with E-state index >= 15 is 0 Å². The number of fused-ring (bicyclic) bond motifs is 1. The molecular weight excluding hydrogens is 330 g/mol. The van der Waals surface area contributed by atoms with Crippen molar-refractivity contribution in [3.63, 3.8) is 0 Å². The van der Waals surface area contributed by atoms with Crippen molar-refractivity contribution in [2.75, 3.05) is 16.8 Å². The maximum atomic E-state index is 13.1. The quantitative estimate of drug-likeness (QED) is 0.837. The number of benzene rings is 1. The minimum Gasteiger partial charge on any atom is -0.464 e. The van der Waals surface area contributed by atoms with Crippen molar-refractivity contribution in [2.45, 2.75) is 39.2 Å². The molecule has 6 heteroatoms. The maximum absolute atomic E-state index is 13.1. The Hall–Kier alpha value is -2.89. The van der Waals surface area contributed by atoms with Gasteiger partial charge in [-0.05, 0) is 44.5 Å². The van der Waals surface area contributed by atoms with Gasteiger partial charge in [-0.1, -0.05) is 31.0 Å². The predicted octanol–water partition coefficient (Wildman–Crippen LogP) is 3.31. The summed E-state index contributed by atoms with van der Waals surface area (Å²) in [5.41, 5.74) is 0.0644. The largest absolute Gasteiger partial charge is 0.464 e. The number of amides is 2. The van der Waals surface area contributed by atoms with E-state index in [9.17, 15) is 9.59 Å². The molecule has 136 valence electrons. The van der Waals surface area contributed by atoms with Gasteiger partial charge in [0, 0.05) is 18.4 Å². The first-order valence-electron chi connectivity index (χ1n) is 8.80. The number of carbonyl (C=O) groups is 2. The number of rotatable bonds is 5. The molecule has 0 saturated carbocycles.